The molecule has 2 aliphatic rings. The summed E-state index contributed by atoms with van der Waals surface area (Å²) in [4.78, 5) is 11.2. The zero-order valence-electron chi connectivity index (χ0n) is 9.89. The molecule has 0 spiro atoms. The Morgan fingerprint density at radius 2 is 2.00 bits per heavy atom. The van der Waals surface area contributed by atoms with E-state index in [1.54, 1.807) is 6.92 Å². The van der Waals surface area contributed by atoms with E-state index >= 15 is 0 Å². The number of rotatable bonds is 2. The van der Waals surface area contributed by atoms with Gasteiger partial charge in [-0.2, -0.15) is 0 Å². The van der Waals surface area contributed by atoms with Crippen molar-refractivity contribution in [2.75, 3.05) is 0 Å². The molecule has 0 saturated heterocycles. The number of Topliss-reactive ketones (excluding diaryl/α,β-unsaturated/α-hetero) is 1. The maximum absolute atomic E-state index is 11.2. The van der Waals surface area contributed by atoms with E-state index < -0.39 is 0 Å². The summed E-state index contributed by atoms with van der Waals surface area (Å²) in [6, 6.07) is 0. The van der Waals surface area contributed by atoms with Crippen LogP contribution in [0.3, 0.4) is 0 Å². The average Bonchev–Trinajstić information content (AvgIpc) is 2.35. The fourth-order valence-electron chi connectivity index (χ4n) is 4.03. The predicted molar refractivity (Wildman–Crippen MR) is 58.0 cm³/mol. The Hall–Kier alpha value is -0.330. The molecule has 2 bridgehead atoms. The van der Waals surface area contributed by atoms with Gasteiger partial charge in [0.15, 0.2) is 0 Å². The van der Waals surface area contributed by atoms with Crippen LogP contribution in [0.2, 0.25) is 0 Å². The first-order valence-corrected chi connectivity index (χ1v) is 5.87. The first-order chi connectivity index (χ1) is 6.38. The van der Waals surface area contributed by atoms with E-state index in [4.69, 9.17) is 0 Å². The van der Waals surface area contributed by atoms with Crippen LogP contribution in [-0.2, 0) is 4.79 Å². The SMILES string of the molecule is CC(=O)C[C@@H]1C[C@H]2CC[C@@]1(C)C2(C)C. The van der Waals surface area contributed by atoms with Gasteiger partial charge in [0.25, 0.3) is 0 Å². The summed E-state index contributed by atoms with van der Waals surface area (Å²) in [7, 11) is 0. The third kappa shape index (κ3) is 1.11. The van der Waals surface area contributed by atoms with E-state index in [0.717, 1.165) is 12.3 Å². The van der Waals surface area contributed by atoms with Gasteiger partial charge in [-0.1, -0.05) is 20.8 Å². The van der Waals surface area contributed by atoms with Crippen LogP contribution < -0.4 is 0 Å². The van der Waals surface area contributed by atoms with Crippen LogP contribution in [0, 0.1) is 22.7 Å². The summed E-state index contributed by atoms with van der Waals surface area (Å²) < 4.78 is 0. The Bertz CT molecular complexity index is 266. The molecule has 0 aliphatic heterocycles. The standard InChI is InChI=1S/C13H22O/c1-9(14)7-11-8-10-5-6-13(11,4)12(10,2)3/h10-11H,5-8H2,1-4H3/t10-,11-,13-/m1/s1. The Morgan fingerprint density at radius 1 is 1.36 bits per heavy atom. The van der Waals surface area contributed by atoms with Crippen molar-refractivity contribution >= 4 is 5.78 Å². The molecule has 80 valence electrons. The molecule has 0 radical (unpaired) electrons. The quantitative estimate of drug-likeness (QED) is 0.658. The first kappa shape index (κ1) is 10.2. The van der Waals surface area contributed by atoms with Gasteiger partial charge in [0, 0.05) is 6.42 Å². The van der Waals surface area contributed by atoms with Crippen molar-refractivity contribution in [3.8, 4) is 0 Å². The van der Waals surface area contributed by atoms with Gasteiger partial charge >= 0.3 is 0 Å². The third-order valence-electron chi connectivity index (χ3n) is 5.51. The van der Waals surface area contributed by atoms with E-state index in [0.29, 0.717) is 22.5 Å². The van der Waals surface area contributed by atoms with Crippen molar-refractivity contribution in [2.45, 2.75) is 53.4 Å². The molecule has 0 aromatic heterocycles. The second-order valence-corrected chi connectivity index (χ2v) is 6.21. The number of hydrogen-bond donors (Lipinski definition) is 0. The van der Waals surface area contributed by atoms with Gasteiger partial charge in [-0.05, 0) is 48.9 Å². The molecule has 2 saturated carbocycles. The molecule has 0 aromatic carbocycles. The predicted octanol–water partition coefficient (Wildman–Crippen LogP) is 3.43. The molecular weight excluding hydrogens is 172 g/mol. The largest absolute Gasteiger partial charge is 0.300 e. The molecule has 14 heavy (non-hydrogen) atoms. The summed E-state index contributed by atoms with van der Waals surface area (Å²) in [6.07, 6.45) is 4.83. The van der Waals surface area contributed by atoms with Crippen LogP contribution in [0.1, 0.15) is 53.4 Å². The zero-order valence-corrected chi connectivity index (χ0v) is 9.89. The number of hydrogen-bond acceptors (Lipinski definition) is 1. The van der Waals surface area contributed by atoms with Gasteiger partial charge in [-0.3, -0.25) is 0 Å². The number of carbonyl (C=O) groups is 1. The van der Waals surface area contributed by atoms with Gasteiger partial charge in [0.1, 0.15) is 5.78 Å². The maximum Gasteiger partial charge on any atom is 0.130 e. The van der Waals surface area contributed by atoms with Crippen LogP contribution in [-0.4, -0.2) is 5.78 Å². The Balaban J connectivity index is 2.23. The first-order valence-electron chi connectivity index (χ1n) is 5.87. The lowest BCUT2D eigenvalue weighted by Crippen LogP contribution is -2.33. The third-order valence-corrected chi connectivity index (χ3v) is 5.51. The smallest absolute Gasteiger partial charge is 0.130 e. The minimum atomic E-state index is 0.375. The van der Waals surface area contributed by atoms with E-state index in [-0.39, 0.29) is 0 Å². The van der Waals surface area contributed by atoms with E-state index in [1.807, 2.05) is 0 Å². The average molecular weight is 194 g/mol. The van der Waals surface area contributed by atoms with Crippen molar-refractivity contribution < 1.29 is 4.79 Å². The van der Waals surface area contributed by atoms with Crippen LogP contribution in [0.25, 0.3) is 0 Å². The van der Waals surface area contributed by atoms with Gasteiger partial charge in [0.2, 0.25) is 0 Å². The van der Waals surface area contributed by atoms with E-state index in [1.165, 1.54) is 19.3 Å². The van der Waals surface area contributed by atoms with Gasteiger partial charge in [-0.15, -0.1) is 0 Å². The molecule has 2 fully saturated rings. The Labute approximate surface area is 87.3 Å². The molecule has 3 atom stereocenters. The summed E-state index contributed by atoms with van der Waals surface area (Å²) in [6.45, 7) is 8.96. The number of fused-ring (bicyclic) bond motifs is 2. The lowest BCUT2D eigenvalue weighted by Gasteiger charge is -2.39. The van der Waals surface area contributed by atoms with Crippen LogP contribution >= 0.6 is 0 Å². The van der Waals surface area contributed by atoms with Gasteiger partial charge < -0.3 is 4.79 Å². The van der Waals surface area contributed by atoms with Crippen LogP contribution in [0.15, 0.2) is 0 Å². The summed E-state index contributed by atoms with van der Waals surface area (Å²) in [5.74, 6) is 1.91. The fraction of sp³-hybridized carbons (Fsp3) is 0.923. The summed E-state index contributed by atoms with van der Waals surface area (Å²) in [5.41, 5.74) is 0.899. The summed E-state index contributed by atoms with van der Waals surface area (Å²) >= 11 is 0. The Morgan fingerprint density at radius 3 is 2.36 bits per heavy atom. The topological polar surface area (TPSA) is 17.1 Å². The molecule has 1 nitrogen and oxygen atoms in total. The van der Waals surface area contributed by atoms with Crippen molar-refractivity contribution in [3.05, 3.63) is 0 Å². The molecule has 0 amide bonds. The minimum absolute atomic E-state index is 0.375. The number of ketones is 1. The normalized spacial score (nSPS) is 44.3. The molecule has 2 rings (SSSR count). The number of carbonyl (C=O) groups excluding carboxylic acids is 1. The monoisotopic (exact) mass is 194 g/mol. The Kier molecular flexibility index (Phi) is 2.06. The second-order valence-electron chi connectivity index (χ2n) is 6.21. The molecule has 0 unspecified atom stereocenters. The highest BCUT2D eigenvalue weighted by molar-refractivity contribution is 5.75. The molecular formula is C13H22O. The van der Waals surface area contributed by atoms with Crippen LogP contribution in [0.4, 0.5) is 0 Å². The van der Waals surface area contributed by atoms with E-state index in [9.17, 15) is 4.79 Å². The molecule has 0 aromatic rings. The van der Waals surface area contributed by atoms with E-state index in [2.05, 4.69) is 20.8 Å². The molecule has 0 heterocycles. The molecule has 2 aliphatic carbocycles. The van der Waals surface area contributed by atoms with Crippen LogP contribution in [0.5, 0.6) is 0 Å². The fourth-order valence-corrected chi connectivity index (χ4v) is 4.03. The van der Waals surface area contributed by atoms with Crippen molar-refractivity contribution in [1.82, 2.24) is 0 Å². The lowest BCUT2D eigenvalue weighted by molar-refractivity contribution is -0.119. The van der Waals surface area contributed by atoms with Gasteiger partial charge in [0.05, 0.1) is 0 Å². The van der Waals surface area contributed by atoms with Crippen molar-refractivity contribution in [1.29, 1.82) is 0 Å². The highest BCUT2D eigenvalue weighted by atomic mass is 16.1. The molecule has 0 N–H and O–H groups in total. The maximum atomic E-state index is 11.2. The van der Waals surface area contributed by atoms with Crippen molar-refractivity contribution in [2.24, 2.45) is 22.7 Å². The lowest BCUT2D eigenvalue weighted by atomic mass is 9.66. The highest BCUT2D eigenvalue weighted by Gasteiger charge is 2.60. The highest BCUT2D eigenvalue weighted by Crippen LogP contribution is 2.68. The summed E-state index contributed by atoms with van der Waals surface area (Å²) in [5, 5.41) is 0. The zero-order chi connectivity index (χ0) is 10.6. The second kappa shape index (κ2) is 2.84. The molecule has 1 heteroatoms. The van der Waals surface area contributed by atoms with Crippen molar-refractivity contribution in [3.63, 3.8) is 0 Å². The minimum Gasteiger partial charge on any atom is -0.300 e. The van der Waals surface area contributed by atoms with Gasteiger partial charge in [-0.25, -0.2) is 0 Å².